The average molecular weight is 259 g/mol. The molecule has 0 aromatic heterocycles. The van der Waals surface area contributed by atoms with Gasteiger partial charge in [-0.05, 0) is 31.0 Å². The molecule has 0 saturated heterocycles. The Morgan fingerprint density at radius 3 is 2.42 bits per heavy atom. The number of carbonyl (C=O) groups is 2. The lowest BCUT2D eigenvalue weighted by atomic mass is 9.94. The van der Waals surface area contributed by atoms with Crippen LogP contribution >= 0.6 is 0 Å². The Labute approximate surface area is 112 Å². The van der Waals surface area contributed by atoms with E-state index in [4.69, 9.17) is 4.74 Å². The van der Waals surface area contributed by atoms with Gasteiger partial charge in [0.2, 0.25) is 0 Å². The molecule has 4 nitrogen and oxygen atoms in total. The van der Waals surface area contributed by atoms with E-state index in [0.29, 0.717) is 16.9 Å². The van der Waals surface area contributed by atoms with Crippen molar-refractivity contribution in [3.05, 3.63) is 29.3 Å². The first-order valence-corrected chi connectivity index (χ1v) is 6.78. The molecule has 4 heteroatoms. The molecule has 0 N–H and O–H groups in total. The second-order valence-electron chi connectivity index (χ2n) is 5.18. The lowest BCUT2D eigenvalue weighted by Crippen LogP contribution is -2.40. The van der Waals surface area contributed by atoms with Crippen molar-refractivity contribution in [1.82, 2.24) is 4.90 Å². The van der Waals surface area contributed by atoms with Crippen molar-refractivity contribution < 1.29 is 14.3 Å². The Bertz CT molecular complexity index is 532. The second-order valence-corrected chi connectivity index (χ2v) is 5.18. The van der Waals surface area contributed by atoms with Crippen LogP contribution in [-0.2, 0) is 0 Å². The molecular formula is C15H17NO3. The number of benzene rings is 1. The van der Waals surface area contributed by atoms with Crippen LogP contribution in [0.5, 0.6) is 5.75 Å². The van der Waals surface area contributed by atoms with E-state index in [0.717, 1.165) is 25.7 Å². The molecule has 1 aromatic rings. The maximum atomic E-state index is 12.4. The number of carbonyl (C=O) groups excluding carboxylic acids is 2. The Hall–Kier alpha value is -1.84. The standard InChI is InChI=1S/C15H17NO3/c1-19-11-7-8-12-13(9-11)15(18)16(14(12)17)10-5-3-2-4-6-10/h7-10H,2-6H2,1H3. The zero-order valence-corrected chi connectivity index (χ0v) is 11.0. The average Bonchev–Trinajstić information content (AvgIpc) is 2.71. The van der Waals surface area contributed by atoms with Gasteiger partial charge >= 0.3 is 0 Å². The van der Waals surface area contributed by atoms with Gasteiger partial charge in [0.25, 0.3) is 11.8 Å². The number of methoxy groups -OCH3 is 1. The summed E-state index contributed by atoms with van der Waals surface area (Å²) in [5, 5.41) is 0. The number of hydrogen-bond acceptors (Lipinski definition) is 3. The van der Waals surface area contributed by atoms with E-state index in [1.54, 1.807) is 25.3 Å². The molecule has 19 heavy (non-hydrogen) atoms. The predicted molar refractivity (Wildman–Crippen MR) is 70.4 cm³/mol. The fourth-order valence-electron chi connectivity index (χ4n) is 3.04. The Morgan fingerprint density at radius 2 is 1.74 bits per heavy atom. The number of amides is 2. The van der Waals surface area contributed by atoms with Crippen molar-refractivity contribution in [3.8, 4) is 5.75 Å². The minimum absolute atomic E-state index is 0.0761. The van der Waals surface area contributed by atoms with Gasteiger partial charge in [-0.3, -0.25) is 14.5 Å². The molecular weight excluding hydrogens is 242 g/mol. The number of rotatable bonds is 2. The highest BCUT2D eigenvalue weighted by molar-refractivity contribution is 6.21. The van der Waals surface area contributed by atoms with Gasteiger partial charge in [0.1, 0.15) is 5.75 Å². The highest BCUT2D eigenvalue weighted by Crippen LogP contribution is 2.32. The Morgan fingerprint density at radius 1 is 1.05 bits per heavy atom. The highest BCUT2D eigenvalue weighted by Gasteiger charge is 2.40. The third-order valence-electron chi connectivity index (χ3n) is 4.06. The molecule has 1 saturated carbocycles. The van der Waals surface area contributed by atoms with E-state index in [9.17, 15) is 9.59 Å². The van der Waals surface area contributed by atoms with Gasteiger partial charge in [-0.15, -0.1) is 0 Å². The molecule has 0 bridgehead atoms. The van der Waals surface area contributed by atoms with Crippen LogP contribution in [0.15, 0.2) is 18.2 Å². The molecule has 0 spiro atoms. The Kier molecular flexibility index (Phi) is 3.01. The lowest BCUT2D eigenvalue weighted by Gasteiger charge is -2.29. The summed E-state index contributed by atoms with van der Waals surface area (Å²) in [6.45, 7) is 0. The van der Waals surface area contributed by atoms with Crippen LogP contribution in [0, 0.1) is 0 Å². The van der Waals surface area contributed by atoms with Crippen molar-refractivity contribution >= 4 is 11.8 Å². The van der Waals surface area contributed by atoms with Crippen LogP contribution in [0.4, 0.5) is 0 Å². The molecule has 0 unspecified atom stereocenters. The monoisotopic (exact) mass is 259 g/mol. The van der Waals surface area contributed by atoms with Crippen molar-refractivity contribution in [2.24, 2.45) is 0 Å². The summed E-state index contributed by atoms with van der Waals surface area (Å²) in [4.78, 5) is 26.3. The SMILES string of the molecule is COc1ccc2c(c1)C(=O)N(C1CCCCC1)C2=O. The smallest absolute Gasteiger partial charge is 0.261 e. The number of fused-ring (bicyclic) bond motifs is 1. The van der Waals surface area contributed by atoms with Crippen LogP contribution in [0.3, 0.4) is 0 Å². The van der Waals surface area contributed by atoms with Gasteiger partial charge in [0, 0.05) is 6.04 Å². The van der Waals surface area contributed by atoms with Crippen molar-refractivity contribution in [3.63, 3.8) is 0 Å². The van der Waals surface area contributed by atoms with E-state index in [1.165, 1.54) is 11.3 Å². The topological polar surface area (TPSA) is 46.6 Å². The number of nitrogens with zero attached hydrogens (tertiary/aromatic N) is 1. The van der Waals surface area contributed by atoms with Crippen LogP contribution < -0.4 is 4.74 Å². The highest BCUT2D eigenvalue weighted by atomic mass is 16.5. The fraction of sp³-hybridized carbons (Fsp3) is 0.467. The summed E-state index contributed by atoms with van der Waals surface area (Å²) in [6.07, 6.45) is 5.27. The number of hydrogen-bond donors (Lipinski definition) is 0. The zero-order chi connectivity index (χ0) is 13.4. The minimum Gasteiger partial charge on any atom is -0.497 e. The molecule has 2 aliphatic rings. The van der Waals surface area contributed by atoms with Crippen molar-refractivity contribution in [1.29, 1.82) is 0 Å². The van der Waals surface area contributed by atoms with Crippen LogP contribution in [-0.4, -0.2) is 29.9 Å². The predicted octanol–water partition coefficient (Wildman–Crippen LogP) is 2.62. The maximum absolute atomic E-state index is 12.4. The molecule has 1 aromatic carbocycles. The lowest BCUT2D eigenvalue weighted by molar-refractivity contribution is 0.0549. The largest absolute Gasteiger partial charge is 0.497 e. The van der Waals surface area contributed by atoms with Gasteiger partial charge in [-0.25, -0.2) is 0 Å². The minimum atomic E-state index is -0.161. The first-order chi connectivity index (χ1) is 9.22. The van der Waals surface area contributed by atoms with Crippen LogP contribution in [0.2, 0.25) is 0 Å². The van der Waals surface area contributed by atoms with Gasteiger partial charge < -0.3 is 4.74 Å². The molecule has 0 atom stereocenters. The van der Waals surface area contributed by atoms with Crippen molar-refractivity contribution in [2.75, 3.05) is 7.11 Å². The summed E-state index contributed by atoms with van der Waals surface area (Å²) >= 11 is 0. The molecule has 0 radical (unpaired) electrons. The molecule has 2 amide bonds. The number of ether oxygens (including phenoxy) is 1. The second kappa shape index (κ2) is 4.68. The van der Waals surface area contributed by atoms with Gasteiger partial charge in [-0.2, -0.15) is 0 Å². The molecule has 1 aliphatic carbocycles. The summed E-state index contributed by atoms with van der Waals surface area (Å²) in [6, 6.07) is 5.16. The molecule has 1 heterocycles. The van der Waals surface area contributed by atoms with E-state index in [1.807, 2.05) is 0 Å². The van der Waals surface area contributed by atoms with E-state index in [-0.39, 0.29) is 17.9 Å². The first-order valence-electron chi connectivity index (χ1n) is 6.78. The van der Waals surface area contributed by atoms with Gasteiger partial charge in [-0.1, -0.05) is 19.3 Å². The summed E-state index contributed by atoms with van der Waals surface area (Å²) in [7, 11) is 1.56. The molecule has 100 valence electrons. The molecule has 1 aliphatic heterocycles. The van der Waals surface area contributed by atoms with Gasteiger partial charge in [0.05, 0.1) is 18.2 Å². The first kappa shape index (κ1) is 12.2. The van der Waals surface area contributed by atoms with E-state index in [2.05, 4.69) is 0 Å². The maximum Gasteiger partial charge on any atom is 0.261 e. The van der Waals surface area contributed by atoms with Crippen LogP contribution in [0.1, 0.15) is 52.8 Å². The third kappa shape index (κ3) is 1.91. The summed E-state index contributed by atoms with van der Waals surface area (Å²) < 4.78 is 5.12. The Balaban J connectivity index is 1.94. The van der Waals surface area contributed by atoms with Gasteiger partial charge in [0.15, 0.2) is 0 Å². The molecule has 1 fully saturated rings. The zero-order valence-electron chi connectivity index (χ0n) is 11.0. The van der Waals surface area contributed by atoms with Crippen molar-refractivity contribution in [2.45, 2.75) is 38.1 Å². The quantitative estimate of drug-likeness (QED) is 0.767. The normalized spacial score (nSPS) is 19.7. The fourth-order valence-corrected chi connectivity index (χ4v) is 3.04. The van der Waals surface area contributed by atoms with E-state index < -0.39 is 0 Å². The third-order valence-corrected chi connectivity index (χ3v) is 4.06. The van der Waals surface area contributed by atoms with Crippen LogP contribution in [0.25, 0.3) is 0 Å². The molecule has 3 rings (SSSR count). The number of imide groups is 1. The van der Waals surface area contributed by atoms with E-state index >= 15 is 0 Å². The summed E-state index contributed by atoms with van der Waals surface area (Å²) in [5.41, 5.74) is 0.992. The summed E-state index contributed by atoms with van der Waals surface area (Å²) in [5.74, 6) is 0.311.